The molecule has 8 atom stereocenters. The van der Waals surface area contributed by atoms with Crippen molar-refractivity contribution in [1.29, 1.82) is 0 Å². The van der Waals surface area contributed by atoms with Crippen LogP contribution in [0.2, 0.25) is 18.1 Å². The fourth-order valence-electron chi connectivity index (χ4n) is 7.95. The fraction of sp³-hybridized carbons (Fsp3) is 0.696. The van der Waals surface area contributed by atoms with Crippen LogP contribution in [-0.2, 0) is 42.3 Å². The predicted molar refractivity (Wildman–Crippen MR) is 254 cm³/mol. The minimum absolute atomic E-state index is 0. The van der Waals surface area contributed by atoms with Crippen molar-refractivity contribution in [2.75, 3.05) is 23.8 Å². The van der Waals surface area contributed by atoms with Gasteiger partial charge < -0.3 is 62.3 Å². The van der Waals surface area contributed by atoms with E-state index in [0.29, 0.717) is 23.5 Å². The van der Waals surface area contributed by atoms with Crippen LogP contribution >= 0.6 is 0 Å². The highest BCUT2D eigenvalue weighted by Crippen LogP contribution is 2.46. The highest BCUT2D eigenvalue weighted by molar-refractivity contribution is 6.74. The number of carbonyl (C=O) groups is 2. The summed E-state index contributed by atoms with van der Waals surface area (Å²) in [6.45, 7) is 29.0. The first-order chi connectivity index (χ1) is 30.0. The molecule has 0 radical (unpaired) electrons. The molecular formula is C46H74N8O12Si. The maximum atomic E-state index is 13.1. The Morgan fingerprint density at radius 2 is 1.15 bits per heavy atom. The maximum absolute atomic E-state index is 13.1. The van der Waals surface area contributed by atoms with Crippen LogP contribution in [0.25, 0.3) is 22.1 Å². The van der Waals surface area contributed by atoms with Crippen LogP contribution in [0.3, 0.4) is 0 Å². The van der Waals surface area contributed by atoms with E-state index in [4.69, 9.17) is 48.1 Å². The summed E-state index contributed by atoms with van der Waals surface area (Å²) in [6.07, 6.45) is 1.12. The van der Waals surface area contributed by atoms with E-state index in [-0.39, 0.29) is 56.9 Å². The number of nitrogen functional groups attached to an aromatic ring is 1. The lowest BCUT2D eigenvalue weighted by Gasteiger charge is -2.37. The maximum Gasteiger partial charge on any atom is 0.425 e. The Kier molecular flexibility index (Phi) is 15.1. The van der Waals surface area contributed by atoms with Gasteiger partial charge in [-0.3, -0.25) is 0 Å². The van der Waals surface area contributed by atoms with Crippen LogP contribution in [0.4, 0.5) is 21.2 Å². The number of imide groups is 1. The van der Waals surface area contributed by atoms with Crippen molar-refractivity contribution in [3.8, 4) is 0 Å². The molecule has 0 aromatic carbocycles. The Hall–Kier alpha value is -4.32. The number of hydrogen-bond donors (Lipinski definition) is 2. The number of rotatable bonds is 7. The first kappa shape index (κ1) is 53.6. The van der Waals surface area contributed by atoms with Crippen molar-refractivity contribution >= 4 is 54.2 Å². The topological polar surface area (TPSA) is 228 Å². The third-order valence-corrected chi connectivity index (χ3v) is 16.3. The number of aliphatic hydroxyl groups is 1. The lowest BCUT2D eigenvalue weighted by Crippen LogP contribution is -2.44. The Bertz CT molecular complexity index is 2360. The summed E-state index contributed by atoms with van der Waals surface area (Å²) < 4.78 is 58.0. The third-order valence-electron chi connectivity index (χ3n) is 11.8. The zero-order chi connectivity index (χ0) is 47.8. The van der Waals surface area contributed by atoms with Gasteiger partial charge in [-0.1, -0.05) is 35.6 Å². The molecular weight excluding hydrogens is 885 g/mol. The largest absolute Gasteiger partial charge is 0.443 e. The number of aromatic nitrogens is 6. The van der Waals surface area contributed by atoms with Crippen molar-refractivity contribution in [2.24, 2.45) is 0 Å². The molecule has 20 nitrogen and oxygen atoms in total. The highest BCUT2D eigenvalue weighted by atomic mass is 28.4. The predicted octanol–water partition coefficient (Wildman–Crippen LogP) is 8.24. The average molecular weight is 959 g/mol. The van der Waals surface area contributed by atoms with Gasteiger partial charge in [-0.25, -0.2) is 29.5 Å². The Balaban J connectivity index is 0.000000249. The van der Waals surface area contributed by atoms with E-state index in [1.165, 1.54) is 12.7 Å². The van der Waals surface area contributed by atoms with Crippen molar-refractivity contribution in [3.63, 3.8) is 0 Å². The van der Waals surface area contributed by atoms with Crippen LogP contribution in [0, 0.1) is 0 Å². The molecule has 4 aliphatic heterocycles. The monoisotopic (exact) mass is 959 g/mol. The van der Waals surface area contributed by atoms with E-state index in [0.717, 1.165) is 15.9 Å². The summed E-state index contributed by atoms with van der Waals surface area (Å²) in [6, 6.07) is 3.57. The fourth-order valence-corrected chi connectivity index (χ4v) is 8.97. The minimum atomic E-state index is -1.91. The van der Waals surface area contributed by atoms with Crippen LogP contribution in [0.1, 0.15) is 117 Å². The van der Waals surface area contributed by atoms with Crippen molar-refractivity contribution in [2.45, 2.75) is 195 Å². The van der Waals surface area contributed by atoms with Gasteiger partial charge in [-0.2, -0.15) is 4.90 Å². The molecule has 0 saturated carbocycles. The molecule has 67 heavy (non-hydrogen) atoms. The quantitative estimate of drug-likeness (QED) is 0.166. The van der Waals surface area contributed by atoms with E-state index in [1.54, 1.807) is 72.2 Å². The summed E-state index contributed by atoms with van der Waals surface area (Å²) in [7, 11) is -1.91. The number of nitrogens with two attached hydrogens (primary N) is 1. The van der Waals surface area contributed by atoms with Gasteiger partial charge in [0.1, 0.15) is 77.6 Å². The van der Waals surface area contributed by atoms with E-state index >= 15 is 0 Å². The second-order valence-electron chi connectivity index (χ2n) is 21.2. The minimum Gasteiger partial charge on any atom is -0.443 e. The summed E-state index contributed by atoms with van der Waals surface area (Å²) in [4.78, 5) is 44.1. The van der Waals surface area contributed by atoms with Gasteiger partial charge in [0.25, 0.3) is 0 Å². The van der Waals surface area contributed by atoms with Gasteiger partial charge >= 0.3 is 12.2 Å². The van der Waals surface area contributed by atoms with Gasteiger partial charge in [-0.05, 0) is 99.5 Å². The van der Waals surface area contributed by atoms with Gasteiger partial charge in [0.15, 0.2) is 38.2 Å². The molecule has 4 fully saturated rings. The van der Waals surface area contributed by atoms with E-state index < -0.39 is 67.8 Å². The normalized spacial score (nSPS) is 26.5. The molecule has 4 aliphatic rings. The average Bonchev–Trinajstić information content (AvgIpc) is 4.00. The number of hydrogen-bond acceptors (Lipinski definition) is 17. The zero-order valence-corrected chi connectivity index (χ0v) is 41.1. The highest BCUT2D eigenvalue weighted by Gasteiger charge is 2.58. The molecule has 2 amide bonds. The van der Waals surface area contributed by atoms with Crippen molar-refractivity contribution in [3.05, 3.63) is 37.2 Å². The zero-order valence-electron chi connectivity index (χ0n) is 40.1. The molecule has 0 bridgehead atoms. The molecule has 8 heterocycles. The lowest BCUT2D eigenvalue weighted by atomic mass is 10.1. The molecule has 3 N–H and O–H groups in total. The molecule has 374 valence electrons. The van der Waals surface area contributed by atoms with E-state index in [2.05, 4.69) is 53.8 Å². The lowest BCUT2D eigenvalue weighted by molar-refractivity contribution is -0.199. The summed E-state index contributed by atoms with van der Waals surface area (Å²) >= 11 is 0. The van der Waals surface area contributed by atoms with Gasteiger partial charge in [0.2, 0.25) is 0 Å². The number of amides is 2. The molecule has 4 aromatic heterocycles. The molecule has 0 aliphatic carbocycles. The Labute approximate surface area is 395 Å². The second-order valence-corrected chi connectivity index (χ2v) is 26.0. The molecule has 0 spiro atoms. The van der Waals surface area contributed by atoms with Gasteiger partial charge in [0.05, 0.1) is 24.0 Å². The van der Waals surface area contributed by atoms with Gasteiger partial charge in [-0.15, -0.1) is 0 Å². The number of nitrogens with zero attached hydrogens (tertiary/aromatic N) is 7. The SMILES string of the molecule is C.C.CC(C)(C)OC(=O)N(C(=O)OC(C)(C)C)c1ncnc2c1ccn2[C@@H]1O[C@H](CO)[C@H]2OC(C)(C)O[C@H]21.CC1(C)O[C@@H]2[C@H](O1)[C@@H](CO[Si](C)(C)C(C)(C)C)O[C@H]2n1ccc2c(N)ncnc21. The Morgan fingerprint density at radius 3 is 1.63 bits per heavy atom. The second kappa shape index (κ2) is 18.9. The smallest absolute Gasteiger partial charge is 0.425 e. The van der Waals surface area contributed by atoms with Gasteiger partial charge in [0, 0.05) is 12.4 Å². The number of ether oxygens (including phenoxy) is 8. The number of fused-ring (bicyclic) bond motifs is 4. The number of aliphatic hydroxyl groups excluding tert-OH is 1. The molecule has 21 heteroatoms. The first-order valence-corrected chi connectivity index (χ1v) is 24.8. The van der Waals surface area contributed by atoms with Crippen LogP contribution in [-0.4, -0.2) is 127 Å². The van der Waals surface area contributed by atoms with Crippen LogP contribution in [0.5, 0.6) is 0 Å². The molecule has 4 aromatic rings. The standard InChI is InChI=1S/C24H34N4O8.C20H32N4O4Si.2CH4/c1-22(2,3)35-20(30)28(21(31)36-23(4,5)6)18-13-9-10-27(17(13)25-12-26-18)19-16-15(14(11-29)32-19)33-24(7,8)34-16;1-19(2,3)29(6,7)25-10-13-14-15(28-20(4,5)27-14)18(26-13)24-9-8-12-16(21)22-11-23-17(12)24;;/h9-10,12,14-16,19,29H,11H2,1-8H3;8-9,11,13-15,18H,10H2,1-7H3,(H2,21,22,23);2*1H4/t14-,15-,16-,19-;13-,14-,15-,18-;;/m11../s1. The molecule has 8 rings (SSSR count). The first-order valence-electron chi connectivity index (χ1n) is 21.9. The van der Waals surface area contributed by atoms with Crippen molar-refractivity contribution in [1.82, 2.24) is 29.1 Å². The molecule has 0 unspecified atom stereocenters. The number of anilines is 2. The van der Waals surface area contributed by atoms with Crippen molar-refractivity contribution < 1.29 is 57.0 Å². The summed E-state index contributed by atoms with van der Waals surface area (Å²) in [5.74, 6) is -1.08. The van der Waals surface area contributed by atoms with Crippen LogP contribution < -0.4 is 10.6 Å². The third kappa shape index (κ3) is 11.1. The van der Waals surface area contributed by atoms with E-state index in [1.807, 2.05) is 30.7 Å². The Morgan fingerprint density at radius 1 is 0.716 bits per heavy atom. The van der Waals surface area contributed by atoms with Crippen LogP contribution in [0.15, 0.2) is 37.2 Å². The summed E-state index contributed by atoms with van der Waals surface area (Å²) in [5, 5.41) is 11.1. The number of carbonyl (C=O) groups excluding carboxylic acids is 2. The summed E-state index contributed by atoms with van der Waals surface area (Å²) in [5.41, 5.74) is 5.38. The van der Waals surface area contributed by atoms with E-state index in [9.17, 15) is 14.7 Å². The molecule has 4 saturated heterocycles.